The highest BCUT2D eigenvalue weighted by Gasteiger charge is 2.15. The molecule has 116 valence electrons. The van der Waals surface area contributed by atoms with Crippen molar-refractivity contribution in [1.82, 2.24) is 9.55 Å². The summed E-state index contributed by atoms with van der Waals surface area (Å²) in [4.78, 5) is 27.5. The molecule has 0 aliphatic heterocycles. The van der Waals surface area contributed by atoms with Crippen LogP contribution in [0.5, 0.6) is 0 Å². The van der Waals surface area contributed by atoms with Gasteiger partial charge in [-0.3, -0.25) is 9.78 Å². The molecule has 2 aromatic heterocycles. The third-order valence-electron chi connectivity index (χ3n) is 3.67. The van der Waals surface area contributed by atoms with E-state index in [1.54, 1.807) is 29.1 Å². The Bertz CT molecular complexity index is 932. The number of aromatic carboxylic acids is 1. The van der Waals surface area contributed by atoms with Gasteiger partial charge in [-0.05, 0) is 35.4 Å². The Hall–Kier alpha value is -2.99. The Kier molecular flexibility index (Phi) is 3.91. The van der Waals surface area contributed by atoms with Crippen LogP contribution in [-0.4, -0.2) is 32.3 Å². The van der Waals surface area contributed by atoms with Gasteiger partial charge in [0.1, 0.15) is 5.56 Å². The zero-order chi connectivity index (χ0) is 16.4. The van der Waals surface area contributed by atoms with E-state index in [0.717, 1.165) is 11.1 Å². The average molecular weight is 310 g/mol. The van der Waals surface area contributed by atoms with Crippen molar-refractivity contribution in [2.45, 2.75) is 6.54 Å². The first-order chi connectivity index (χ1) is 11.1. The SMILES string of the molecule is O=C(O)c1cn(CCO)c2cc(-c3ccncc3)ccc2c1=O. The monoisotopic (exact) mass is 310 g/mol. The van der Waals surface area contributed by atoms with Crippen LogP contribution in [0.25, 0.3) is 22.0 Å². The number of hydrogen-bond donors (Lipinski definition) is 2. The van der Waals surface area contributed by atoms with E-state index in [0.29, 0.717) is 10.9 Å². The van der Waals surface area contributed by atoms with Crippen molar-refractivity contribution in [3.05, 3.63) is 64.7 Å². The van der Waals surface area contributed by atoms with Gasteiger partial charge >= 0.3 is 5.97 Å². The van der Waals surface area contributed by atoms with Crippen molar-refractivity contribution in [1.29, 1.82) is 0 Å². The minimum atomic E-state index is -1.28. The van der Waals surface area contributed by atoms with E-state index >= 15 is 0 Å². The highest BCUT2D eigenvalue weighted by atomic mass is 16.4. The standard InChI is InChI=1S/C17H14N2O4/c20-8-7-19-10-14(17(22)23)16(21)13-2-1-12(9-15(13)19)11-3-5-18-6-4-11/h1-6,9-10,20H,7-8H2,(H,22,23). The number of aliphatic hydroxyl groups excluding tert-OH is 1. The minimum absolute atomic E-state index is 0.156. The first-order valence-corrected chi connectivity index (χ1v) is 7.03. The number of carboxylic acids is 1. The predicted molar refractivity (Wildman–Crippen MR) is 85.5 cm³/mol. The van der Waals surface area contributed by atoms with Crippen molar-refractivity contribution < 1.29 is 15.0 Å². The smallest absolute Gasteiger partial charge is 0.341 e. The third-order valence-corrected chi connectivity index (χ3v) is 3.67. The van der Waals surface area contributed by atoms with Gasteiger partial charge in [-0.15, -0.1) is 0 Å². The quantitative estimate of drug-likeness (QED) is 0.766. The van der Waals surface area contributed by atoms with Gasteiger partial charge in [-0.25, -0.2) is 4.79 Å². The summed E-state index contributed by atoms with van der Waals surface area (Å²) in [6.45, 7) is 0.0490. The molecule has 6 nitrogen and oxygen atoms in total. The molecule has 0 fully saturated rings. The molecule has 0 saturated heterocycles. The van der Waals surface area contributed by atoms with Crippen LogP contribution < -0.4 is 5.43 Å². The molecule has 0 aliphatic carbocycles. The number of carbonyl (C=O) groups is 1. The van der Waals surface area contributed by atoms with E-state index in [9.17, 15) is 14.7 Å². The van der Waals surface area contributed by atoms with Crippen molar-refractivity contribution in [3.8, 4) is 11.1 Å². The van der Waals surface area contributed by atoms with Crippen molar-refractivity contribution >= 4 is 16.9 Å². The molecule has 0 unspecified atom stereocenters. The van der Waals surface area contributed by atoms with E-state index < -0.39 is 11.4 Å². The lowest BCUT2D eigenvalue weighted by molar-refractivity contribution is 0.0694. The molecule has 0 saturated carbocycles. The molecule has 0 bridgehead atoms. The summed E-state index contributed by atoms with van der Waals surface area (Å²) >= 11 is 0. The lowest BCUT2D eigenvalue weighted by Crippen LogP contribution is -2.19. The highest BCUT2D eigenvalue weighted by molar-refractivity contribution is 5.93. The van der Waals surface area contributed by atoms with Gasteiger partial charge < -0.3 is 14.8 Å². The van der Waals surface area contributed by atoms with E-state index in [1.165, 1.54) is 6.20 Å². The van der Waals surface area contributed by atoms with Crippen LogP contribution in [0.15, 0.2) is 53.7 Å². The molecule has 0 amide bonds. The number of pyridine rings is 2. The van der Waals surface area contributed by atoms with E-state index in [2.05, 4.69) is 4.98 Å². The Balaban J connectivity index is 2.30. The van der Waals surface area contributed by atoms with Gasteiger partial charge in [0.15, 0.2) is 0 Å². The fourth-order valence-corrected chi connectivity index (χ4v) is 2.56. The number of hydrogen-bond acceptors (Lipinski definition) is 4. The molecular formula is C17H14N2O4. The summed E-state index contributed by atoms with van der Waals surface area (Å²) in [5.74, 6) is -1.28. The highest BCUT2D eigenvalue weighted by Crippen LogP contribution is 2.23. The molecule has 2 N–H and O–H groups in total. The predicted octanol–water partition coefficient (Wildman–Crippen LogP) is 1.75. The van der Waals surface area contributed by atoms with Crippen molar-refractivity contribution in [3.63, 3.8) is 0 Å². The summed E-state index contributed by atoms with van der Waals surface area (Å²) in [5.41, 5.74) is 1.58. The molecule has 3 aromatic rings. The van der Waals surface area contributed by atoms with E-state index in [4.69, 9.17) is 5.11 Å². The lowest BCUT2D eigenvalue weighted by Gasteiger charge is -2.12. The summed E-state index contributed by atoms with van der Waals surface area (Å²) < 4.78 is 1.59. The molecule has 2 heterocycles. The number of fused-ring (bicyclic) bond motifs is 1. The maximum Gasteiger partial charge on any atom is 0.341 e. The van der Waals surface area contributed by atoms with Gasteiger partial charge in [0.25, 0.3) is 0 Å². The van der Waals surface area contributed by atoms with E-state index in [1.807, 2.05) is 18.2 Å². The summed E-state index contributed by atoms with van der Waals surface area (Å²) in [5, 5.41) is 18.7. The molecule has 1 aromatic carbocycles. The van der Waals surface area contributed by atoms with Crippen LogP contribution in [0.2, 0.25) is 0 Å². The number of rotatable bonds is 4. The van der Waals surface area contributed by atoms with Crippen LogP contribution in [0.3, 0.4) is 0 Å². The Morgan fingerprint density at radius 3 is 2.52 bits per heavy atom. The van der Waals surface area contributed by atoms with Gasteiger partial charge in [-0.2, -0.15) is 0 Å². The summed E-state index contributed by atoms with van der Waals surface area (Å²) in [6, 6.07) is 8.90. The second-order valence-electron chi connectivity index (χ2n) is 5.06. The van der Waals surface area contributed by atoms with Crippen LogP contribution in [0.1, 0.15) is 10.4 Å². The number of aliphatic hydroxyl groups is 1. The second kappa shape index (κ2) is 6.02. The van der Waals surface area contributed by atoms with Crippen LogP contribution in [-0.2, 0) is 6.54 Å². The molecule has 6 heteroatoms. The van der Waals surface area contributed by atoms with Crippen molar-refractivity contribution in [2.24, 2.45) is 0 Å². The Labute approximate surface area is 131 Å². The zero-order valence-electron chi connectivity index (χ0n) is 12.1. The van der Waals surface area contributed by atoms with Gasteiger partial charge in [0.05, 0.1) is 12.1 Å². The van der Waals surface area contributed by atoms with Crippen molar-refractivity contribution in [2.75, 3.05) is 6.61 Å². The normalized spacial score (nSPS) is 10.8. The van der Waals surface area contributed by atoms with Gasteiger partial charge in [0.2, 0.25) is 5.43 Å². The van der Waals surface area contributed by atoms with Gasteiger partial charge in [-0.1, -0.05) is 6.07 Å². The topological polar surface area (TPSA) is 92.4 Å². The Morgan fingerprint density at radius 2 is 1.87 bits per heavy atom. The minimum Gasteiger partial charge on any atom is -0.477 e. The number of aromatic nitrogens is 2. The molecule has 0 radical (unpaired) electrons. The number of benzene rings is 1. The second-order valence-corrected chi connectivity index (χ2v) is 5.06. The summed E-state index contributed by atoms with van der Waals surface area (Å²) in [7, 11) is 0. The maximum absolute atomic E-state index is 12.3. The molecular weight excluding hydrogens is 296 g/mol. The van der Waals surface area contributed by atoms with Crippen LogP contribution >= 0.6 is 0 Å². The molecule has 0 aliphatic rings. The third kappa shape index (κ3) is 2.72. The van der Waals surface area contributed by atoms with Crippen LogP contribution in [0.4, 0.5) is 0 Å². The summed E-state index contributed by atoms with van der Waals surface area (Å²) in [6.07, 6.45) is 4.63. The number of carboxylic acid groups (broad SMARTS) is 1. The maximum atomic E-state index is 12.3. The first kappa shape index (κ1) is 14.9. The Morgan fingerprint density at radius 1 is 1.13 bits per heavy atom. The fourth-order valence-electron chi connectivity index (χ4n) is 2.56. The molecule has 0 spiro atoms. The van der Waals surface area contributed by atoms with Gasteiger partial charge in [0, 0.05) is 30.5 Å². The first-order valence-electron chi connectivity index (χ1n) is 7.03. The number of nitrogens with zero attached hydrogens (tertiary/aromatic N) is 2. The fraction of sp³-hybridized carbons (Fsp3) is 0.118. The molecule has 23 heavy (non-hydrogen) atoms. The molecule has 3 rings (SSSR count). The van der Waals surface area contributed by atoms with E-state index in [-0.39, 0.29) is 18.7 Å². The largest absolute Gasteiger partial charge is 0.477 e. The average Bonchev–Trinajstić information content (AvgIpc) is 2.57. The molecule has 0 atom stereocenters. The zero-order valence-corrected chi connectivity index (χ0v) is 12.1. The van der Waals surface area contributed by atoms with Crippen LogP contribution in [0, 0.1) is 0 Å². The lowest BCUT2D eigenvalue weighted by atomic mass is 10.0.